The summed E-state index contributed by atoms with van der Waals surface area (Å²) in [7, 11) is 0. The predicted molar refractivity (Wildman–Crippen MR) is 114 cm³/mol. The molecule has 30 heavy (non-hydrogen) atoms. The fourth-order valence-electron chi connectivity index (χ4n) is 3.18. The maximum atomic E-state index is 13.1. The van der Waals surface area contributed by atoms with Crippen LogP contribution in [0.1, 0.15) is 21.1 Å². The molecule has 6 heteroatoms. The molecule has 4 aromatic rings. The van der Waals surface area contributed by atoms with Crippen LogP contribution in [0.3, 0.4) is 0 Å². The summed E-state index contributed by atoms with van der Waals surface area (Å²) in [5.41, 5.74) is 1.44. The fraction of sp³-hybridized carbons (Fsp3) is 0.0833. The SMILES string of the molecule is O=C(c1ccco1)N(CCN(C(=O)c1ccco1)c1ccccc1)c1ccccc1. The van der Waals surface area contributed by atoms with E-state index in [2.05, 4.69) is 0 Å². The van der Waals surface area contributed by atoms with Gasteiger partial charge in [-0.3, -0.25) is 9.59 Å². The van der Waals surface area contributed by atoms with E-state index < -0.39 is 0 Å². The van der Waals surface area contributed by atoms with Crippen molar-refractivity contribution in [3.63, 3.8) is 0 Å². The van der Waals surface area contributed by atoms with Crippen molar-refractivity contribution in [2.75, 3.05) is 22.9 Å². The van der Waals surface area contributed by atoms with E-state index in [1.165, 1.54) is 12.5 Å². The lowest BCUT2D eigenvalue weighted by Gasteiger charge is -2.27. The van der Waals surface area contributed by atoms with Crippen molar-refractivity contribution in [2.24, 2.45) is 0 Å². The molecule has 0 saturated heterocycles. The van der Waals surface area contributed by atoms with Gasteiger partial charge in [0.2, 0.25) is 0 Å². The summed E-state index contributed by atoms with van der Waals surface area (Å²) in [5, 5.41) is 0. The number of rotatable bonds is 7. The molecule has 2 aromatic heterocycles. The fourth-order valence-corrected chi connectivity index (χ4v) is 3.18. The van der Waals surface area contributed by atoms with Gasteiger partial charge in [-0.1, -0.05) is 36.4 Å². The van der Waals surface area contributed by atoms with Crippen LogP contribution in [0.25, 0.3) is 0 Å². The first-order chi connectivity index (χ1) is 14.7. The lowest BCUT2D eigenvalue weighted by atomic mass is 10.2. The van der Waals surface area contributed by atoms with Crippen molar-refractivity contribution in [3.8, 4) is 0 Å². The van der Waals surface area contributed by atoms with Gasteiger partial charge in [0.15, 0.2) is 11.5 Å². The Morgan fingerprint density at radius 3 is 1.30 bits per heavy atom. The van der Waals surface area contributed by atoms with E-state index in [1.54, 1.807) is 34.1 Å². The number of carbonyl (C=O) groups is 2. The summed E-state index contributed by atoms with van der Waals surface area (Å²) >= 11 is 0. The average molecular weight is 400 g/mol. The zero-order valence-corrected chi connectivity index (χ0v) is 16.2. The summed E-state index contributed by atoms with van der Waals surface area (Å²) < 4.78 is 10.6. The van der Waals surface area contributed by atoms with Gasteiger partial charge in [-0.2, -0.15) is 0 Å². The van der Waals surface area contributed by atoms with Gasteiger partial charge in [-0.15, -0.1) is 0 Å². The zero-order chi connectivity index (χ0) is 20.8. The molecule has 2 amide bonds. The molecule has 0 aliphatic rings. The van der Waals surface area contributed by atoms with Crippen LogP contribution in [0, 0.1) is 0 Å². The first-order valence-electron chi connectivity index (χ1n) is 9.55. The second-order valence-electron chi connectivity index (χ2n) is 6.54. The number of hydrogen-bond acceptors (Lipinski definition) is 4. The molecule has 0 aliphatic heterocycles. The van der Waals surface area contributed by atoms with Crippen LogP contribution in [-0.4, -0.2) is 24.9 Å². The molecule has 0 aliphatic carbocycles. The van der Waals surface area contributed by atoms with Gasteiger partial charge in [0.05, 0.1) is 12.5 Å². The average Bonchev–Trinajstić information content (AvgIpc) is 3.52. The van der Waals surface area contributed by atoms with Gasteiger partial charge in [-0.05, 0) is 48.5 Å². The number of hydrogen-bond donors (Lipinski definition) is 0. The lowest BCUT2D eigenvalue weighted by Crippen LogP contribution is -2.41. The zero-order valence-electron chi connectivity index (χ0n) is 16.2. The molecule has 0 unspecified atom stereocenters. The van der Waals surface area contributed by atoms with Crippen molar-refractivity contribution in [1.82, 2.24) is 0 Å². The van der Waals surface area contributed by atoms with Gasteiger partial charge in [0, 0.05) is 24.5 Å². The molecule has 0 saturated carbocycles. The number of carbonyl (C=O) groups excluding carboxylic acids is 2. The first kappa shape index (κ1) is 19.3. The Bertz CT molecular complexity index is 985. The van der Waals surface area contributed by atoms with Crippen LogP contribution in [-0.2, 0) is 0 Å². The van der Waals surface area contributed by atoms with Crippen LogP contribution < -0.4 is 9.80 Å². The van der Waals surface area contributed by atoms with E-state index >= 15 is 0 Å². The standard InChI is InChI=1S/C24H20N2O4/c27-23(21-13-7-17-29-21)25(19-9-3-1-4-10-19)15-16-26(20-11-5-2-6-12-20)24(28)22-14-8-18-30-22/h1-14,17-18H,15-16H2. The second kappa shape index (κ2) is 8.96. The van der Waals surface area contributed by atoms with E-state index in [4.69, 9.17) is 8.83 Å². The van der Waals surface area contributed by atoms with Crippen molar-refractivity contribution in [3.05, 3.63) is 109 Å². The van der Waals surface area contributed by atoms with Crippen molar-refractivity contribution >= 4 is 23.2 Å². The number of para-hydroxylation sites is 2. The Morgan fingerprint density at radius 2 is 0.967 bits per heavy atom. The molecule has 0 fully saturated rings. The highest BCUT2D eigenvalue weighted by Gasteiger charge is 2.24. The summed E-state index contributed by atoms with van der Waals surface area (Å²) in [6, 6.07) is 25.2. The molecule has 0 bridgehead atoms. The summed E-state index contributed by atoms with van der Waals surface area (Å²) in [4.78, 5) is 29.3. The van der Waals surface area contributed by atoms with Gasteiger partial charge >= 0.3 is 0 Å². The third kappa shape index (κ3) is 4.17. The molecule has 0 spiro atoms. The highest BCUT2D eigenvalue weighted by atomic mass is 16.3. The van der Waals surface area contributed by atoms with Gasteiger partial charge in [0.1, 0.15) is 0 Å². The third-order valence-electron chi connectivity index (χ3n) is 4.64. The minimum absolute atomic E-state index is 0.238. The Morgan fingerprint density at radius 1 is 0.567 bits per heavy atom. The maximum absolute atomic E-state index is 13.1. The quantitative estimate of drug-likeness (QED) is 0.444. The molecule has 0 radical (unpaired) electrons. The third-order valence-corrected chi connectivity index (χ3v) is 4.64. The highest BCUT2D eigenvalue weighted by Crippen LogP contribution is 2.20. The summed E-state index contributed by atoms with van der Waals surface area (Å²) in [5.74, 6) is -0.0701. The normalized spacial score (nSPS) is 10.5. The molecule has 2 aromatic carbocycles. The van der Waals surface area contributed by atoms with Crippen molar-refractivity contribution in [2.45, 2.75) is 0 Å². The molecular formula is C24H20N2O4. The van der Waals surface area contributed by atoms with Crippen LogP contribution in [0.4, 0.5) is 11.4 Å². The molecule has 0 atom stereocenters. The van der Waals surface area contributed by atoms with E-state index in [0.717, 1.165) is 11.4 Å². The van der Waals surface area contributed by atoms with E-state index in [9.17, 15) is 9.59 Å². The largest absolute Gasteiger partial charge is 0.459 e. The Labute approximate surface area is 173 Å². The predicted octanol–water partition coefficient (Wildman–Crippen LogP) is 4.87. The Kier molecular flexibility index (Phi) is 5.75. The Balaban J connectivity index is 1.62. The minimum Gasteiger partial charge on any atom is -0.459 e. The number of benzene rings is 2. The molecular weight excluding hydrogens is 380 g/mol. The van der Waals surface area contributed by atoms with Crippen molar-refractivity contribution < 1.29 is 18.4 Å². The van der Waals surface area contributed by atoms with Gasteiger partial charge in [0.25, 0.3) is 11.8 Å². The minimum atomic E-state index is -0.273. The molecule has 0 N–H and O–H groups in total. The molecule has 150 valence electrons. The molecule has 2 heterocycles. The summed E-state index contributed by atoms with van der Waals surface area (Å²) in [6.45, 7) is 0.537. The topological polar surface area (TPSA) is 66.9 Å². The number of anilines is 2. The van der Waals surface area contributed by atoms with Crippen LogP contribution >= 0.6 is 0 Å². The monoisotopic (exact) mass is 400 g/mol. The van der Waals surface area contributed by atoms with Crippen LogP contribution in [0.5, 0.6) is 0 Å². The van der Waals surface area contributed by atoms with Crippen molar-refractivity contribution in [1.29, 1.82) is 0 Å². The van der Waals surface area contributed by atoms with E-state index in [-0.39, 0.29) is 36.4 Å². The molecule has 4 rings (SSSR count). The first-order valence-corrected chi connectivity index (χ1v) is 9.55. The van der Waals surface area contributed by atoms with E-state index in [0.29, 0.717) is 0 Å². The summed E-state index contributed by atoms with van der Waals surface area (Å²) in [6.07, 6.45) is 2.93. The van der Waals surface area contributed by atoms with E-state index in [1.807, 2.05) is 60.7 Å². The van der Waals surface area contributed by atoms with Gasteiger partial charge < -0.3 is 18.6 Å². The number of nitrogens with zero attached hydrogens (tertiary/aromatic N) is 2. The number of furan rings is 2. The maximum Gasteiger partial charge on any atom is 0.294 e. The van der Waals surface area contributed by atoms with Crippen LogP contribution in [0.2, 0.25) is 0 Å². The van der Waals surface area contributed by atoms with Gasteiger partial charge in [-0.25, -0.2) is 0 Å². The smallest absolute Gasteiger partial charge is 0.294 e. The molecule has 6 nitrogen and oxygen atoms in total. The number of amides is 2. The second-order valence-corrected chi connectivity index (χ2v) is 6.54. The Hall–Kier alpha value is -4.06. The van der Waals surface area contributed by atoms with Crippen LogP contribution in [0.15, 0.2) is 106 Å². The highest BCUT2D eigenvalue weighted by molar-refractivity contribution is 6.06. The lowest BCUT2D eigenvalue weighted by molar-refractivity contribution is 0.0941.